The van der Waals surface area contributed by atoms with Crippen LogP contribution < -0.4 is 16.0 Å². The smallest absolute Gasteiger partial charge is 0.154 e. The van der Waals surface area contributed by atoms with Crippen LogP contribution in [0.4, 0.5) is 11.5 Å². The second-order valence-corrected chi connectivity index (χ2v) is 3.30. The third-order valence-electron chi connectivity index (χ3n) is 1.64. The van der Waals surface area contributed by atoms with E-state index in [1.807, 2.05) is 26.0 Å². The Morgan fingerprint density at radius 1 is 1.47 bits per heavy atom. The first-order valence-corrected chi connectivity index (χ1v) is 5.00. The summed E-state index contributed by atoms with van der Waals surface area (Å²) in [6.45, 7) is 3.29. The summed E-state index contributed by atoms with van der Waals surface area (Å²) in [5.74, 6) is 0.759. The summed E-state index contributed by atoms with van der Waals surface area (Å²) < 4.78 is 0. The lowest BCUT2D eigenvalue weighted by atomic mass is 10.5. The Kier molecular flexibility index (Phi) is 7.27. The van der Waals surface area contributed by atoms with E-state index in [4.69, 9.17) is 5.73 Å². The van der Waals surface area contributed by atoms with Crippen LogP contribution in [0.2, 0.25) is 0 Å². The van der Waals surface area contributed by atoms with Crippen molar-refractivity contribution in [2.24, 2.45) is 0 Å². The molecule has 5 nitrogen and oxygen atoms in total. The first-order chi connectivity index (χ1) is 7.13. The zero-order valence-electron chi connectivity index (χ0n) is 9.99. The number of nitrogens with two attached hydrogens (primary N) is 1. The van der Waals surface area contributed by atoms with Crippen molar-refractivity contribution in [3.63, 3.8) is 0 Å². The van der Waals surface area contributed by atoms with Gasteiger partial charge in [0.15, 0.2) is 5.82 Å². The maximum Gasteiger partial charge on any atom is 0.154 e. The molecule has 0 spiro atoms. The summed E-state index contributed by atoms with van der Waals surface area (Å²) in [4.78, 5) is 9.58. The molecule has 0 radical (unpaired) electrons. The van der Waals surface area contributed by atoms with Crippen molar-refractivity contribution in [1.29, 1.82) is 0 Å². The van der Waals surface area contributed by atoms with Gasteiger partial charge in [-0.1, -0.05) is 6.92 Å². The second-order valence-electron chi connectivity index (χ2n) is 3.30. The van der Waals surface area contributed by atoms with Gasteiger partial charge < -0.3 is 16.0 Å². The SMILES string of the molecule is CCCNC.CN(C)c1ncncc1N. The highest BCUT2D eigenvalue weighted by Gasteiger charge is 1.99. The van der Waals surface area contributed by atoms with E-state index >= 15 is 0 Å². The summed E-state index contributed by atoms with van der Waals surface area (Å²) in [6.07, 6.45) is 4.30. The van der Waals surface area contributed by atoms with Gasteiger partial charge in [0.05, 0.1) is 11.9 Å². The van der Waals surface area contributed by atoms with E-state index < -0.39 is 0 Å². The number of anilines is 2. The Morgan fingerprint density at radius 2 is 2.13 bits per heavy atom. The molecule has 1 aromatic heterocycles. The molecular weight excluding hydrogens is 190 g/mol. The third-order valence-corrected chi connectivity index (χ3v) is 1.64. The fourth-order valence-electron chi connectivity index (χ4n) is 0.958. The molecule has 0 aliphatic carbocycles. The highest BCUT2D eigenvalue weighted by molar-refractivity contribution is 5.59. The van der Waals surface area contributed by atoms with Crippen molar-refractivity contribution >= 4 is 11.5 Å². The second kappa shape index (κ2) is 7.99. The monoisotopic (exact) mass is 211 g/mol. The lowest BCUT2D eigenvalue weighted by molar-refractivity contribution is 0.772. The molecule has 0 saturated carbocycles. The lowest BCUT2D eigenvalue weighted by Gasteiger charge is -2.11. The molecule has 0 saturated heterocycles. The molecule has 86 valence electrons. The van der Waals surface area contributed by atoms with Crippen molar-refractivity contribution in [2.75, 3.05) is 38.3 Å². The van der Waals surface area contributed by atoms with Crippen LogP contribution in [0.15, 0.2) is 12.5 Å². The summed E-state index contributed by atoms with van der Waals surface area (Å²) in [5.41, 5.74) is 6.16. The standard InChI is InChI=1S/C6H10N4.C4H11N/c1-10(2)6-5(7)3-8-4-9-6;1-3-4-5-2/h3-4H,7H2,1-2H3;5H,3-4H2,1-2H3. The largest absolute Gasteiger partial charge is 0.394 e. The zero-order chi connectivity index (χ0) is 11.7. The van der Waals surface area contributed by atoms with Gasteiger partial charge in [-0.15, -0.1) is 0 Å². The third kappa shape index (κ3) is 5.85. The van der Waals surface area contributed by atoms with E-state index in [1.165, 1.54) is 12.7 Å². The van der Waals surface area contributed by atoms with E-state index in [9.17, 15) is 0 Å². The summed E-state index contributed by atoms with van der Waals surface area (Å²) in [6, 6.07) is 0. The number of nitrogens with zero attached hydrogens (tertiary/aromatic N) is 3. The molecule has 1 rings (SSSR count). The molecule has 1 aromatic rings. The fourth-order valence-corrected chi connectivity index (χ4v) is 0.958. The fraction of sp³-hybridized carbons (Fsp3) is 0.600. The van der Waals surface area contributed by atoms with E-state index in [-0.39, 0.29) is 0 Å². The molecule has 15 heavy (non-hydrogen) atoms. The molecule has 0 fully saturated rings. The van der Waals surface area contributed by atoms with E-state index in [1.54, 1.807) is 6.20 Å². The average Bonchev–Trinajstić information content (AvgIpc) is 2.20. The first kappa shape index (κ1) is 13.6. The molecule has 3 N–H and O–H groups in total. The van der Waals surface area contributed by atoms with Gasteiger partial charge in [-0.3, -0.25) is 0 Å². The maximum atomic E-state index is 5.55. The summed E-state index contributed by atoms with van der Waals surface area (Å²) >= 11 is 0. The van der Waals surface area contributed by atoms with E-state index in [0.29, 0.717) is 5.69 Å². The quantitative estimate of drug-likeness (QED) is 0.772. The van der Waals surface area contributed by atoms with Gasteiger partial charge in [-0.2, -0.15) is 0 Å². The number of hydrogen-bond donors (Lipinski definition) is 2. The Morgan fingerprint density at radius 3 is 2.40 bits per heavy atom. The van der Waals surface area contributed by atoms with Gasteiger partial charge in [0, 0.05) is 14.1 Å². The predicted molar refractivity (Wildman–Crippen MR) is 65.0 cm³/mol. The van der Waals surface area contributed by atoms with E-state index in [2.05, 4.69) is 22.2 Å². The minimum absolute atomic E-state index is 0.604. The summed E-state index contributed by atoms with van der Waals surface area (Å²) in [5, 5.41) is 3.02. The van der Waals surface area contributed by atoms with Gasteiger partial charge >= 0.3 is 0 Å². The van der Waals surface area contributed by atoms with Crippen LogP contribution in [-0.2, 0) is 0 Å². The lowest BCUT2D eigenvalue weighted by Crippen LogP contribution is -2.12. The number of aromatic nitrogens is 2. The Balaban J connectivity index is 0.000000336. The molecule has 0 atom stereocenters. The molecule has 5 heteroatoms. The van der Waals surface area contributed by atoms with Crippen molar-refractivity contribution in [3.05, 3.63) is 12.5 Å². The molecule has 0 amide bonds. The Bertz CT molecular complexity index is 260. The number of nitrogens with one attached hydrogen (secondary N) is 1. The molecule has 0 aliphatic heterocycles. The molecular formula is C10H21N5. The van der Waals surface area contributed by atoms with Crippen molar-refractivity contribution in [1.82, 2.24) is 15.3 Å². The average molecular weight is 211 g/mol. The molecule has 0 unspecified atom stereocenters. The van der Waals surface area contributed by atoms with Crippen molar-refractivity contribution in [3.8, 4) is 0 Å². The van der Waals surface area contributed by atoms with Crippen LogP contribution in [0.3, 0.4) is 0 Å². The van der Waals surface area contributed by atoms with Crippen LogP contribution in [0.1, 0.15) is 13.3 Å². The van der Waals surface area contributed by atoms with Gasteiger partial charge in [0.1, 0.15) is 6.33 Å². The highest BCUT2D eigenvalue weighted by Crippen LogP contribution is 2.13. The maximum absolute atomic E-state index is 5.55. The molecule has 0 aliphatic rings. The predicted octanol–water partition coefficient (Wildman–Crippen LogP) is 0.741. The minimum Gasteiger partial charge on any atom is -0.394 e. The van der Waals surface area contributed by atoms with Crippen LogP contribution in [0.5, 0.6) is 0 Å². The minimum atomic E-state index is 0.604. The topological polar surface area (TPSA) is 67.1 Å². The normalized spacial score (nSPS) is 9.07. The van der Waals surface area contributed by atoms with Gasteiger partial charge in [-0.25, -0.2) is 9.97 Å². The van der Waals surface area contributed by atoms with Crippen LogP contribution in [-0.4, -0.2) is 37.7 Å². The Hall–Kier alpha value is -1.36. The van der Waals surface area contributed by atoms with Gasteiger partial charge in [0.25, 0.3) is 0 Å². The Labute approximate surface area is 91.7 Å². The van der Waals surface area contributed by atoms with E-state index in [0.717, 1.165) is 12.4 Å². The van der Waals surface area contributed by atoms with Crippen molar-refractivity contribution in [2.45, 2.75) is 13.3 Å². The molecule has 0 aromatic carbocycles. The highest BCUT2D eigenvalue weighted by atomic mass is 15.2. The number of nitrogen functional groups attached to an aromatic ring is 1. The number of rotatable bonds is 3. The van der Waals surface area contributed by atoms with Gasteiger partial charge in [-0.05, 0) is 20.0 Å². The molecule has 1 heterocycles. The van der Waals surface area contributed by atoms with Crippen LogP contribution in [0, 0.1) is 0 Å². The molecule has 0 bridgehead atoms. The van der Waals surface area contributed by atoms with Crippen LogP contribution in [0.25, 0.3) is 0 Å². The number of hydrogen-bond acceptors (Lipinski definition) is 5. The zero-order valence-corrected chi connectivity index (χ0v) is 9.99. The van der Waals surface area contributed by atoms with Crippen LogP contribution >= 0.6 is 0 Å². The van der Waals surface area contributed by atoms with Gasteiger partial charge in [0.2, 0.25) is 0 Å². The first-order valence-electron chi connectivity index (χ1n) is 5.00. The van der Waals surface area contributed by atoms with Crippen molar-refractivity contribution < 1.29 is 0 Å². The summed E-state index contributed by atoms with van der Waals surface area (Å²) in [7, 11) is 5.74.